The Labute approximate surface area is 143 Å². The molecule has 1 amide bonds. The molecule has 122 valence electrons. The van der Waals surface area contributed by atoms with Gasteiger partial charge in [0.2, 0.25) is 11.7 Å². The lowest BCUT2D eigenvalue weighted by Crippen LogP contribution is -2.38. The molecule has 0 spiro atoms. The number of rotatable bonds is 3. The maximum absolute atomic E-state index is 12.8. The normalized spacial score (nSPS) is 17.8. The first-order chi connectivity index (χ1) is 11.8. The number of amides is 1. The second kappa shape index (κ2) is 6.52. The molecule has 1 atom stereocenters. The highest BCUT2D eigenvalue weighted by Gasteiger charge is 2.32. The first-order valence-electron chi connectivity index (χ1n) is 7.90. The average Bonchev–Trinajstić information content (AvgIpc) is 3.34. The van der Waals surface area contributed by atoms with E-state index in [1.165, 1.54) is 11.3 Å². The maximum Gasteiger partial charge on any atom is 0.255 e. The van der Waals surface area contributed by atoms with E-state index in [9.17, 15) is 4.79 Å². The van der Waals surface area contributed by atoms with Crippen LogP contribution in [-0.2, 0) is 0 Å². The van der Waals surface area contributed by atoms with Gasteiger partial charge in [-0.3, -0.25) is 9.78 Å². The molecular formula is C17H16N4O2S. The first kappa shape index (κ1) is 15.0. The highest BCUT2D eigenvalue weighted by Crippen LogP contribution is 2.32. The zero-order valence-electron chi connectivity index (χ0n) is 13.0. The van der Waals surface area contributed by atoms with Crippen LogP contribution in [0.1, 0.15) is 41.6 Å². The summed E-state index contributed by atoms with van der Waals surface area (Å²) in [5.74, 6) is 1.03. The number of hydrogen-bond donors (Lipinski definition) is 0. The quantitative estimate of drug-likeness (QED) is 0.729. The molecule has 1 aliphatic heterocycles. The summed E-state index contributed by atoms with van der Waals surface area (Å²) in [6, 6.07) is 5.41. The van der Waals surface area contributed by atoms with Crippen LogP contribution in [0.4, 0.5) is 0 Å². The van der Waals surface area contributed by atoms with E-state index < -0.39 is 0 Å². The number of pyridine rings is 1. The third-order valence-corrected chi connectivity index (χ3v) is 4.86. The van der Waals surface area contributed by atoms with Crippen LogP contribution >= 0.6 is 11.3 Å². The van der Waals surface area contributed by atoms with Gasteiger partial charge in [-0.15, -0.1) is 0 Å². The molecule has 4 rings (SSSR count). The number of carbonyl (C=O) groups excluding carboxylic acids is 1. The third kappa shape index (κ3) is 2.82. The molecule has 1 aliphatic rings. The molecule has 0 aromatic carbocycles. The lowest BCUT2D eigenvalue weighted by molar-refractivity contribution is 0.0562. The van der Waals surface area contributed by atoms with E-state index in [1.807, 2.05) is 33.9 Å². The fourth-order valence-electron chi connectivity index (χ4n) is 2.97. The number of thiophene rings is 1. The Balaban J connectivity index is 1.62. The topological polar surface area (TPSA) is 72.1 Å². The fourth-order valence-corrected chi connectivity index (χ4v) is 3.60. The SMILES string of the molecule is O=C(c1ccsc1)N1CCCC[C@H]1c1nc(-c2cccnc2)no1. The number of hydrogen-bond acceptors (Lipinski definition) is 6. The second-order valence-corrected chi connectivity index (χ2v) is 6.50. The Bertz CT molecular complexity index is 816. The van der Waals surface area contributed by atoms with Crippen molar-refractivity contribution in [3.8, 4) is 11.4 Å². The Kier molecular flexibility index (Phi) is 4.08. The monoisotopic (exact) mass is 340 g/mol. The summed E-state index contributed by atoms with van der Waals surface area (Å²) >= 11 is 1.52. The summed E-state index contributed by atoms with van der Waals surface area (Å²) < 4.78 is 5.48. The molecule has 0 radical (unpaired) electrons. The molecule has 0 unspecified atom stereocenters. The van der Waals surface area contributed by atoms with Crippen LogP contribution in [-0.4, -0.2) is 32.5 Å². The lowest BCUT2D eigenvalue weighted by atomic mass is 10.0. The van der Waals surface area contributed by atoms with Crippen molar-refractivity contribution < 1.29 is 9.32 Å². The van der Waals surface area contributed by atoms with Gasteiger partial charge in [0.15, 0.2) is 0 Å². The summed E-state index contributed by atoms with van der Waals surface area (Å²) in [7, 11) is 0. The highest BCUT2D eigenvalue weighted by atomic mass is 32.1. The Morgan fingerprint density at radius 2 is 2.29 bits per heavy atom. The Hall–Kier alpha value is -2.54. The van der Waals surface area contributed by atoms with Crippen LogP contribution in [0.2, 0.25) is 0 Å². The summed E-state index contributed by atoms with van der Waals surface area (Å²) in [4.78, 5) is 23.2. The van der Waals surface area contributed by atoms with Crippen molar-refractivity contribution in [3.63, 3.8) is 0 Å². The summed E-state index contributed by atoms with van der Waals surface area (Å²) in [5, 5.41) is 7.85. The first-order valence-corrected chi connectivity index (χ1v) is 8.84. The smallest absolute Gasteiger partial charge is 0.255 e. The van der Waals surface area contributed by atoms with E-state index in [4.69, 9.17) is 4.52 Å². The van der Waals surface area contributed by atoms with Crippen LogP contribution in [0.5, 0.6) is 0 Å². The van der Waals surface area contributed by atoms with E-state index in [2.05, 4.69) is 15.1 Å². The Morgan fingerprint density at radius 3 is 3.08 bits per heavy atom. The number of carbonyl (C=O) groups is 1. The van der Waals surface area contributed by atoms with Gasteiger partial charge in [0.05, 0.1) is 5.56 Å². The van der Waals surface area contributed by atoms with Gasteiger partial charge in [0.1, 0.15) is 6.04 Å². The minimum absolute atomic E-state index is 0.0297. The fraction of sp³-hybridized carbons (Fsp3) is 0.294. The van der Waals surface area contributed by atoms with Crippen LogP contribution in [0.15, 0.2) is 45.9 Å². The van der Waals surface area contributed by atoms with Crippen molar-refractivity contribution in [2.45, 2.75) is 25.3 Å². The van der Waals surface area contributed by atoms with E-state index in [0.717, 1.165) is 30.4 Å². The van der Waals surface area contributed by atoms with Gasteiger partial charge in [-0.1, -0.05) is 5.16 Å². The molecule has 0 saturated carbocycles. The molecule has 1 saturated heterocycles. The van der Waals surface area contributed by atoms with Crippen LogP contribution < -0.4 is 0 Å². The minimum atomic E-state index is -0.163. The van der Waals surface area contributed by atoms with Crippen LogP contribution in [0, 0.1) is 0 Å². The molecule has 4 heterocycles. The Morgan fingerprint density at radius 1 is 1.33 bits per heavy atom. The van der Waals surface area contributed by atoms with Crippen molar-refractivity contribution >= 4 is 17.2 Å². The molecule has 0 bridgehead atoms. The van der Waals surface area contributed by atoms with E-state index in [1.54, 1.807) is 12.4 Å². The number of likely N-dealkylation sites (tertiary alicyclic amines) is 1. The summed E-state index contributed by atoms with van der Waals surface area (Å²) in [6.45, 7) is 0.712. The molecule has 3 aromatic rings. The van der Waals surface area contributed by atoms with Gasteiger partial charge < -0.3 is 9.42 Å². The van der Waals surface area contributed by atoms with Crippen molar-refractivity contribution in [1.82, 2.24) is 20.0 Å². The van der Waals surface area contributed by atoms with Crippen molar-refractivity contribution in [2.75, 3.05) is 6.54 Å². The van der Waals surface area contributed by atoms with E-state index in [0.29, 0.717) is 18.3 Å². The maximum atomic E-state index is 12.8. The molecule has 3 aromatic heterocycles. The predicted octanol–water partition coefficient (Wildman–Crippen LogP) is 3.56. The minimum Gasteiger partial charge on any atom is -0.337 e. The molecule has 0 N–H and O–H groups in total. The zero-order chi connectivity index (χ0) is 16.4. The van der Waals surface area contributed by atoms with Gasteiger partial charge in [-0.05, 0) is 42.8 Å². The molecule has 6 nitrogen and oxygen atoms in total. The molecular weight excluding hydrogens is 324 g/mol. The van der Waals surface area contributed by atoms with Crippen LogP contribution in [0.25, 0.3) is 11.4 Å². The standard InChI is InChI=1S/C17H16N4O2S/c22-17(13-6-9-24-11-13)21-8-2-1-5-14(21)16-19-15(20-23-16)12-4-3-7-18-10-12/h3-4,6-7,9-11,14H,1-2,5,8H2/t14-/m0/s1. The molecule has 1 fully saturated rings. The second-order valence-electron chi connectivity index (χ2n) is 5.72. The molecule has 7 heteroatoms. The van der Waals surface area contributed by atoms with Gasteiger partial charge in [-0.25, -0.2) is 0 Å². The van der Waals surface area contributed by atoms with E-state index in [-0.39, 0.29) is 11.9 Å². The highest BCUT2D eigenvalue weighted by molar-refractivity contribution is 7.08. The van der Waals surface area contributed by atoms with Crippen LogP contribution in [0.3, 0.4) is 0 Å². The average molecular weight is 340 g/mol. The van der Waals surface area contributed by atoms with Crippen molar-refractivity contribution in [1.29, 1.82) is 0 Å². The lowest BCUT2D eigenvalue weighted by Gasteiger charge is -2.33. The number of aromatic nitrogens is 3. The molecule has 0 aliphatic carbocycles. The van der Waals surface area contributed by atoms with Gasteiger partial charge in [0.25, 0.3) is 5.91 Å². The van der Waals surface area contributed by atoms with Gasteiger partial charge in [-0.2, -0.15) is 16.3 Å². The summed E-state index contributed by atoms with van der Waals surface area (Å²) in [5.41, 5.74) is 1.53. The number of nitrogens with zero attached hydrogens (tertiary/aromatic N) is 4. The number of piperidine rings is 1. The van der Waals surface area contributed by atoms with E-state index >= 15 is 0 Å². The van der Waals surface area contributed by atoms with Gasteiger partial charge >= 0.3 is 0 Å². The largest absolute Gasteiger partial charge is 0.337 e. The van der Waals surface area contributed by atoms with Crippen molar-refractivity contribution in [2.24, 2.45) is 0 Å². The molecule has 24 heavy (non-hydrogen) atoms. The zero-order valence-corrected chi connectivity index (χ0v) is 13.8. The van der Waals surface area contributed by atoms with Crippen molar-refractivity contribution in [3.05, 3.63) is 52.8 Å². The van der Waals surface area contributed by atoms with Gasteiger partial charge in [0, 0.05) is 29.9 Å². The predicted molar refractivity (Wildman–Crippen MR) is 89.5 cm³/mol. The summed E-state index contributed by atoms with van der Waals surface area (Å²) in [6.07, 6.45) is 6.28. The third-order valence-electron chi connectivity index (χ3n) is 4.18.